The number of benzene rings is 3. The monoisotopic (exact) mass is 444 g/mol. The lowest BCUT2D eigenvalue weighted by Crippen LogP contribution is -2.15. The Labute approximate surface area is 179 Å². The van der Waals surface area contributed by atoms with Gasteiger partial charge in [-0.2, -0.15) is 0 Å². The number of ether oxygens (including phenoxy) is 2. The van der Waals surface area contributed by atoms with Crippen LogP contribution in [-0.4, -0.2) is 28.5 Å². The lowest BCUT2D eigenvalue weighted by atomic mass is 10.1. The van der Waals surface area contributed by atoms with Gasteiger partial charge < -0.3 is 14.8 Å². The number of sulfonamides is 1. The molecule has 0 spiro atoms. The summed E-state index contributed by atoms with van der Waals surface area (Å²) in [7, 11) is -0.798. The Morgan fingerprint density at radius 3 is 2.10 bits per heavy atom. The van der Waals surface area contributed by atoms with E-state index < -0.39 is 15.8 Å². The molecule has 0 saturated carbocycles. The number of halogens is 1. The summed E-state index contributed by atoms with van der Waals surface area (Å²) in [6, 6.07) is 15.9. The van der Waals surface area contributed by atoms with Crippen molar-refractivity contribution in [2.45, 2.75) is 11.3 Å². The van der Waals surface area contributed by atoms with Crippen molar-refractivity contribution in [2.24, 2.45) is 0 Å². The Morgan fingerprint density at radius 1 is 0.871 bits per heavy atom. The van der Waals surface area contributed by atoms with Gasteiger partial charge in [-0.1, -0.05) is 6.07 Å². The van der Waals surface area contributed by atoms with Crippen LogP contribution in [0.25, 0.3) is 0 Å². The molecule has 0 aliphatic carbocycles. The largest absolute Gasteiger partial charge is 0.493 e. The number of anilines is 2. The smallest absolute Gasteiger partial charge is 0.261 e. The average molecular weight is 444 g/mol. The van der Waals surface area contributed by atoms with Gasteiger partial charge in [0.15, 0.2) is 11.5 Å². The molecule has 0 bridgehead atoms. The third-order valence-corrected chi connectivity index (χ3v) is 5.75. The Bertz CT molecular complexity index is 1160. The Balaban J connectivity index is 1.64. The van der Waals surface area contributed by atoms with E-state index in [4.69, 9.17) is 9.47 Å². The van der Waals surface area contributed by atoms with Crippen molar-refractivity contribution in [2.75, 3.05) is 24.3 Å². The quantitative estimate of drug-likeness (QED) is 0.551. The second-order valence-electron chi connectivity index (χ2n) is 6.55. The highest BCUT2D eigenvalue weighted by molar-refractivity contribution is 7.92. The van der Waals surface area contributed by atoms with E-state index in [0.29, 0.717) is 17.2 Å². The van der Waals surface area contributed by atoms with Crippen molar-refractivity contribution < 1.29 is 27.1 Å². The Hall–Kier alpha value is -3.59. The van der Waals surface area contributed by atoms with Gasteiger partial charge in [0.25, 0.3) is 10.0 Å². The number of carbonyl (C=O) groups excluding carboxylic acids is 1. The molecule has 0 aliphatic rings. The fourth-order valence-corrected chi connectivity index (χ4v) is 3.89. The van der Waals surface area contributed by atoms with E-state index >= 15 is 0 Å². The van der Waals surface area contributed by atoms with Crippen LogP contribution in [0, 0.1) is 5.82 Å². The maximum atomic E-state index is 13.0. The van der Waals surface area contributed by atoms with E-state index in [9.17, 15) is 17.6 Å². The van der Waals surface area contributed by atoms with Crippen molar-refractivity contribution >= 4 is 27.3 Å². The zero-order valence-corrected chi connectivity index (χ0v) is 17.7. The zero-order chi connectivity index (χ0) is 22.4. The first-order valence-corrected chi connectivity index (χ1v) is 10.7. The van der Waals surface area contributed by atoms with Gasteiger partial charge in [-0.15, -0.1) is 0 Å². The summed E-state index contributed by atoms with van der Waals surface area (Å²) in [5, 5.41) is 2.72. The maximum Gasteiger partial charge on any atom is 0.261 e. The molecule has 0 aliphatic heterocycles. The van der Waals surface area contributed by atoms with Crippen LogP contribution in [0.3, 0.4) is 0 Å². The van der Waals surface area contributed by atoms with E-state index in [-0.39, 0.29) is 22.9 Å². The fourth-order valence-electron chi connectivity index (χ4n) is 2.83. The van der Waals surface area contributed by atoms with Crippen molar-refractivity contribution in [3.63, 3.8) is 0 Å². The second kappa shape index (κ2) is 9.48. The minimum absolute atomic E-state index is 0.00900. The second-order valence-corrected chi connectivity index (χ2v) is 8.23. The molecule has 0 fully saturated rings. The van der Waals surface area contributed by atoms with Crippen LogP contribution < -0.4 is 19.5 Å². The molecule has 0 saturated heterocycles. The molecular formula is C22H21FN2O5S. The molecule has 7 nitrogen and oxygen atoms in total. The number of rotatable bonds is 8. The van der Waals surface area contributed by atoms with Crippen LogP contribution in [-0.2, 0) is 21.2 Å². The van der Waals surface area contributed by atoms with Gasteiger partial charge in [0.05, 0.1) is 25.5 Å². The first-order valence-electron chi connectivity index (χ1n) is 9.20. The average Bonchev–Trinajstić information content (AvgIpc) is 2.75. The minimum Gasteiger partial charge on any atom is -0.493 e. The van der Waals surface area contributed by atoms with Gasteiger partial charge in [-0.25, -0.2) is 12.8 Å². The molecule has 1 amide bonds. The number of methoxy groups -OCH3 is 2. The molecule has 0 unspecified atom stereocenters. The Kier molecular flexibility index (Phi) is 6.76. The molecule has 0 aromatic heterocycles. The predicted molar refractivity (Wildman–Crippen MR) is 116 cm³/mol. The summed E-state index contributed by atoms with van der Waals surface area (Å²) in [4.78, 5) is 12.4. The van der Waals surface area contributed by atoms with Gasteiger partial charge in [-0.3, -0.25) is 9.52 Å². The van der Waals surface area contributed by atoms with Gasteiger partial charge >= 0.3 is 0 Å². The van der Waals surface area contributed by atoms with Crippen molar-refractivity contribution in [1.82, 2.24) is 0 Å². The molecule has 3 aromatic carbocycles. The third kappa shape index (κ3) is 5.73. The zero-order valence-electron chi connectivity index (χ0n) is 16.9. The van der Waals surface area contributed by atoms with Crippen LogP contribution in [0.4, 0.5) is 15.8 Å². The summed E-state index contributed by atoms with van der Waals surface area (Å²) in [5.74, 6) is 0.358. The van der Waals surface area contributed by atoms with Crippen molar-refractivity contribution in [1.29, 1.82) is 0 Å². The van der Waals surface area contributed by atoms with E-state index in [0.717, 1.165) is 17.7 Å². The molecule has 162 valence electrons. The highest BCUT2D eigenvalue weighted by Crippen LogP contribution is 2.28. The highest BCUT2D eigenvalue weighted by atomic mass is 32.2. The number of amides is 1. The number of hydrogen-bond donors (Lipinski definition) is 2. The van der Waals surface area contributed by atoms with Crippen LogP contribution in [0.2, 0.25) is 0 Å². The number of hydrogen-bond acceptors (Lipinski definition) is 5. The summed E-state index contributed by atoms with van der Waals surface area (Å²) in [6.07, 6.45) is 0.104. The normalized spacial score (nSPS) is 10.9. The third-order valence-electron chi connectivity index (χ3n) is 4.36. The van der Waals surface area contributed by atoms with Crippen molar-refractivity contribution in [3.8, 4) is 11.5 Å². The molecule has 2 N–H and O–H groups in total. The van der Waals surface area contributed by atoms with E-state index in [2.05, 4.69) is 10.0 Å². The van der Waals surface area contributed by atoms with E-state index in [1.165, 1.54) is 50.6 Å². The van der Waals surface area contributed by atoms with Gasteiger partial charge in [0.2, 0.25) is 5.91 Å². The Morgan fingerprint density at radius 2 is 1.48 bits per heavy atom. The highest BCUT2D eigenvalue weighted by Gasteiger charge is 2.15. The summed E-state index contributed by atoms with van der Waals surface area (Å²) in [6.45, 7) is 0. The minimum atomic E-state index is -3.85. The molecule has 3 aromatic rings. The number of nitrogens with one attached hydrogen (secondary N) is 2. The number of carbonyl (C=O) groups is 1. The van der Waals surface area contributed by atoms with Crippen LogP contribution >= 0.6 is 0 Å². The summed E-state index contributed by atoms with van der Waals surface area (Å²) < 4.78 is 50.7. The molecule has 0 atom stereocenters. The fraction of sp³-hybridized carbons (Fsp3) is 0.136. The van der Waals surface area contributed by atoms with Gasteiger partial charge in [0, 0.05) is 11.4 Å². The molecular weight excluding hydrogens is 423 g/mol. The molecule has 0 heterocycles. The summed E-state index contributed by atoms with van der Waals surface area (Å²) in [5.41, 5.74) is 1.43. The lowest BCUT2D eigenvalue weighted by molar-refractivity contribution is -0.115. The maximum absolute atomic E-state index is 13.0. The molecule has 9 heteroatoms. The first kappa shape index (κ1) is 22.1. The lowest BCUT2D eigenvalue weighted by Gasteiger charge is -2.11. The van der Waals surface area contributed by atoms with Crippen LogP contribution in [0.15, 0.2) is 71.6 Å². The van der Waals surface area contributed by atoms with E-state index in [1.54, 1.807) is 18.2 Å². The molecule has 0 radical (unpaired) electrons. The first-order chi connectivity index (χ1) is 14.8. The standard InChI is InChI=1S/C22H21FN2O5S/c1-29-20-12-3-15(13-21(20)30-2)14-22(26)24-17-8-10-19(11-9-17)31(27,28)25-18-6-4-16(23)5-7-18/h3-13,25H,14H2,1-2H3,(H,24,26). The van der Waals surface area contributed by atoms with E-state index in [1.807, 2.05) is 0 Å². The van der Waals surface area contributed by atoms with Crippen LogP contribution in [0.5, 0.6) is 11.5 Å². The predicted octanol–water partition coefficient (Wildman–Crippen LogP) is 3.82. The van der Waals surface area contributed by atoms with Crippen LogP contribution in [0.1, 0.15) is 5.56 Å². The summed E-state index contributed by atoms with van der Waals surface area (Å²) >= 11 is 0. The molecule has 3 rings (SSSR count). The SMILES string of the molecule is COc1ccc(CC(=O)Nc2ccc(S(=O)(=O)Nc3ccc(F)cc3)cc2)cc1OC. The topological polar surface area (TPSA) is 93.7 Å². The van der Waals surface area contributed by atoms with Gasteiger partial charge in [0.1, 0.15) is 5.82 Å². The molecule has 31 heavy (non-hydrogen) atoms. The van der Waals surface area contributed by atoms with Crippen molar-refractivity contribution in [3.05, 3.63) is 78.1 Å². The van der Waals surface area contributed by atoms with Gasteiger partial charge in [-0.05, 0) is 66.2 Å².